The molecular weight excluding hydrogens is 444 g/mol. The van der Waals surface area contributed by atoms with Crippen molar-refractivity contribution in [1.29, 1.82) is 0 Å². The second-order valence-electron chi connectivity index (χ2n) is 7.12. The summed E-state index contributed by atoms with van der Waals surface area (Å²) in [7, 11) is 1.70. The van der Waals surface area contributed by atoms with Gasteiger partial charge in [0.2, 0.25) is 0 Å². The molecule has 0 fully saturated rings. The maximum absolute atomic E-state index is 14.3. The van der Waals surface area contributed by atoms with E-state index in [1.54, 1.807) is 35.4 Å². The molecule has 0 aliphatic carbocycles. The third kappa shape index (κ3) is 5.46. The molecule has 0 saturated heterocycles. The minimum Gasteiger partial charge on any atom is -0.454 e. The van der Waals surface area contributed by atoms with Gasteiger partial charge in [0.1, 0.15) is 11.6 Å². The number of fused-ring (bicyclic) bond motifs is 1. The standard InChI is InChI=1S/C23H21F2N3O2S.C2H6/c1-3-31-27-15-5-7-21(30-22-6-4-14(24)10-20(22)25)17(11-15)19-13-28(2)23(29)18-12-26-9-8-16(18)19;1-2/h3-7,10-11,13,26-27H,1,8-9,12H2,2H3;1-2H3. The number of rotatable bonds is 6. The van der Waals surface area contributed by atoms with Gasteiger partial charge >= 0.3 is 0 Å². The molecule has 1 aromatic heterocycles. The predicted molar refractivity (Wildman–Crippen MR) is 132 cm³/mol. The Labute approximate surface area is 196 Å². The van der Waals surface area contributed by atoms with Gasteiger partial charge < -0.3 is 19.3 Å². The maximum Gasteiger partial charge on any atom is 0.255 e. The minimum absolute atomic E-state index is 0.0468. The molecule has 0 unspecified atom stereocenters. The van der Waals surface area contributed by atoms with Crippen LogP contribution >= 0.6 is 11.9 Å². The van der Waals surface area contributed by atoms with Crippen molar-refractivity contribution < 1.29 is 13.5 Å². The number of aryl methyl sites for hydroxylation is 1. The Morgan fingerprint density at radius 1 is 1.12 bits per heavy atom. The van der Waals surface area contributed by atoms with Crippen molar-refractivity contribution in [2.75, 3.05) is 11.3 Å². The van der Waals surface area contributed by atoms with E-state index in [-0.39, 0.29) is 11.3 Å². The number of aromatic nitrogens is 1. The van der Waals surface area contributed by atoms with Gasteiger partial charge in [-0.1, -0.05) is 20.4 Å². The normalized spacial score (nSPS) is 12.3. The first-order valence-corrected chi connectivity index (χ1v) is 11.6. The van der Waals surface area contributed by atoms with Crippen LogP contribution in [0.5, 0.6) is 11.5 Å². The summed E-state index contributed by atoms with van der Waals surface area (Å²) in [5.41, 5.74) is 3.94. The lowest BCUT2D eigenvalue weighted by Gasteiger charge is -2.23. The van der Waals surface area contributed by atoms with E-state index in [1.807, 2.05) is 19.9 Å². The molecule has 0 bridgehead atoms. The van der Waals surface area contributed by atoms with Crippen molar-refractivity contribution in [1.82, 2.24) is 9.88 Å². The number of nitrogens with one attached hydrogen (secondary N) is 2. The molecule has 0 atom stereocenters. The van der Waals surface area contributed by atoms with Crippen LogP contribution < -0.4 is 20.3 Å². The summed E-state index contributed by atoms with van der Waals surface area (Å²) in [5, 5.41) is 4.90. The first-order valence-electron chi connectivity index (χ1n) is 10.7. The summed E-state index contributed by atoms with van der Waals surface area (Å²) in [6, 6.07) is 8.60. The SMILES string of the molecule is C=CSNc1ccc(Oc2ccc(F)cc2F)c(-c2cn(C)c(=O)c3c2CCNC3)c1.CC. The van der Waals surface area contributed by atoms with Crippen LogP contribution in [0.15, 0.2) is 59.4 Å². The van der Waals surface area contributed by atoms with Crippen LogP contribution in [-0.2, 0) is 20.0 Å². The van der Waals surface area contributed by atoms with E-state index >= 15 is 0 Å². The monoisotopic (exact) mass is 471 g/mol. The maximum atomic E-state index is 14.3. The van der Waals surface area contributed by atoms with Crippen molar-refractivity contribution >= 4 is 17.6 Å². The summed E-state index contributed by atoms with van der Waals surface area (Å²) in [6.07, 6.45) is 2.46. The van der Waals surface area contributed by atoms with Crippen LogP contribution in [0.3, 0.4) is 0 Å². The molecule has 0 saturated carbocycles. The van der Waals surface area contributed by atoms with Crippen LogP contribution in [0, 0.1) is 11.6 Å². The Kier molecular flexibility index (Phi) is 8.30. The van der Waals surface area contributed by atoms with Crippen LogP contribution in [0.1, 0.15) is 25.0 Å². The van der Waals surface area contributed by atoms with E-state index in [9.17, 15) is 13.6 Å². The van der Waals surface area contributed by atoms with Crippen molar-refractivity contribution in [3.8, 4) is 22.6 Å². The molecule has 0 spiro atoms. The molecule has 4 rings (SSSR count). The number of anilines is 1. The van der Waals surface area contributed by atoms with Gasteiger partial charge in [-0.25, -0.2) is 8.78 Å². The van der Waals surface area contributed by atoms with Gasteiger partial charge in [0.25, 0.3) is 5.56 Å². The Bertz CT molecular complexity index is 1210. The quantitative estimate of drug-likeness (QED) is 0.432. The zero-order valence-corrected chi connectivity index (χ0v) is 19.7. The second-order valence-corrected chi connectivity index (χ2v) is 7.89. The summed E-state index contributed by atoms with van der Waals surface area (Å²) in [5.74, 6) is -1.14. The predicted octanol–water partition coefficient (Wildman–Crippen LogP) is 6.00. The number of hydrogen-bond acceptors (Lipinski definition) is 5. The molecule has 2 aromatic carbocycles. The summed E-state index contributed by atoms with van der Waals surface area (Å²) >= 11 is 1.32. The van der Waals surface area contributed by atoms with E-state index in [4.69, 9.17) is 4.74 Å². The third-order valence-electron chi connectivity index (χ3n) is 5.09. The van der Waals surface area contributed by atoms with Gasteiger partial charge in [-0.3, -0.25) is 4.79 Å². The molecule has 3 aromatic rings. The lowest BCUT2D eigenvalue weighted by atomic mass is 9.92. The highest BCUT2D eigenvalue weighted by molar-refractivity contribution is 8.03. The van der Waals surface area contributed by atoms with Gasteiger partial charge in [-0.15, -0.1) is 0 Å². The molecule has 33 heavy (non-hydrogen) atoms. The lowest BCUT2D eigenvalue weighted by molar-refractivity contribution is 0.439. The molecule has 0 radical (unpaired) electrons. The second kappa shape index (κ2) is 11.2. The third-order valence-corrected chi connectivity index (χ3v) is 5.61. The van der Waals surface area contributed by atoms with Crippen LogP contribution in [0.2, 0.25) is 0 Å². The lowest BCUT2D eigenvalue weighted by Crippen LogP contribution is -2.33. The molecule has 8 heteroatoms. The van der Waals surface area contributed by atoms with E-state index < -0.39 is 11.6 Å². The fourth-order valence-corrected chi connectivity index (χ4v) is 3.99. The number of hydrogen-bond donors (Lipinski definition) is 2. The molecule has 0 amide bonds. The molecule has 1 aliphatic rings. The fraction of sp³-hybridized carbons (Fsp3) is 0.240. The van der Waals surface area contributed by atoms with Gasteiger partial charge in [0, 0.05) is 48.2 Å². The smallest absolute Gasteiger partial charge is 0.255 e. The summed E-state index contributed by atoms with van der Waals surface area (Å²) in [6.45, 7) is 8.92. The molecular formula is C25H27F2N3O2S. The van der Waals surface area contributed by atoms with E-state index in [1.165, 1.54) is 18.0 Å². The van der Waals surface area contributed by atoms with Gasteiger partial charge in [-0.2, -0.15) is 0 Å². The highest BCUT2D eigenvalue weighted by Crippen LogP contribution is 2.39. The van der Waals surface area contributed by atoms with Crippen LogP contribution in [0.4, 0.5) is 14.5 Å². The minimum atomic E-state index is -0.790. The first-order chi connectivity index (χ1) is 16.0. The number of pyridine rings is 1. The Balaban J connectivity index is 0.00000149. The first kappa shape index (κ1) is 24.5. The van der Waals surface area contributed by atoms with Crippen molar-refractivity contribution in [2.45, 2.75) is 26.8 Å². The van der Waals surface area contributed by atoms with Gasteiger partial charge in [0.05, 0.1) is 0 Å². The molecule has 174 valence electrons. The average Bonchev–Trinajstić information content (AvgIpc) is 2.83. The van der Waals surface area contributed by atoms with Crippen molar-refractivity contribution in [3.05, 3.63) is 87.7 Å². The fourth-order valence-electron chi connectivity index (χ4n) is 3.64. The molecule has 2 N–H and O–H groups in total. The van der Waals surface area contributed by atoms with Gasteiger partial charge in [-0.05, 0) is 66.2 Å². The zero-order valence-electron chi connectivity index (χ0n) is 18.9. The number of halogens is 2. The molecule has 5 nitrogen and oxygen atoms in total. The van der Waals surface area contributed by atoms with Gasteiger partial charge in [0.15, 0.2) is 11.6 Å². The van der Waals surface area contributed by atoms with E-state index in [0.717, 1.165) is 35.5 Å². The van der Waals surface area contributed by atoms with Crippen LogP contribution in [0.25, 0.3) is 11.1 Å². The summed E-state index contributed by atoms with van der Waals surface area (Å²) in [4.78, 5) is 12.6. The van der Waals surface area contributed by atoms with Crippen molar-refractivity contribution in [2.24, 2.45) is 7.05 Å². The number of nitrogens with zero attached hydrogens (tertiary/aromatic N) is 1. The van der Waals surface area contributed by atoms with E-state index in [0.29, 0.717) is 29.8 Å². The van der Waals surface area contributed by atoms with Crippen LogP contribution in [-0.4, -0.2) is 11.1 Å². The molecule has 1 aliphatic heterocycles. The zero-order chi connectivity index (χ0) is 24.0. The Hall–Kier alpha value is -3.10. The number of benzene rings is 2. The topological polar surface area (TPSA) is 55.3 Å². The largest absolute Gasteiger partial charge is 0.454 e. The summed E-state index contributed by atoms with van der Waals surface area (Å²) < 4.78 is 38.2. The van der Waals surface area contributed by atoms with Crippen molar-refractivity contribution in [3.63, 3.8) is 0 Å². The average molecular weight is 472 g/mol. The highest BCUT2D eigenvalue weighted by Gasteiger charge is 2.22. The number of ether oxygens (including phenoxy) is 1. The highest BCUT2D eigenvalue weighted by atomic mass is 32.2. The van der Waals surface area contributed by atoms with E-state index in [2.05, 4.69) is 16.6 Å². The Morgan fingerprint density at radius 2 is 1.88 bits per heavy atom. The Morgan fingerprint density at radius 3 is 2.61 bits per heavy atom. The molecule has 2 heterocycles.